The van der Waals surface area contributed by atoms with Crippen LogP contribution in [0.5, 0.6) is 0 Å². The number of nitrogens with zero attached hydrogens (tertiary/aromatic N) is 1. The summed E-state index contributed by atoms with van der Waals surface area (Å²) in [7, 11) is 0. The van der Waals surface area contributed by atoms with Crippen molar-refractivity contribution in [3.8, 4) is 11.3 Å². The molecule has 15 heavy (non-hydrogen) atoms. The molecular weight excluding hydrogens is 190 g/mol. The zero-order chi connectivity index (χ0) is 10.7. The van der Waals surface area contributed by atoms with Gasteiger partial charge in [0.25, 0.3) is 0 Å². The quantitative estimate of drug-likeness (QED) is 0.798. The average Bonchev–Trinajstić information content (AvgIpc) is 2.85. The standard InChI is InChI=1S/C11H15N3O/c1-2-10-9(3-5-12)11(14-13-10)8-4-6-15-7-8/h4,6-7H,2-3,5,12H2,1H3,(H,13,14). The third-order valence-corrected chi connectivity index (χ3v) is 2.50. The lowest BCUT2D eigenvalue weighted by Gasteiger charge is -2.00. The summed E-state index contributed by atoms with van der Waals surface area (Å²) in [6.07, 6.45) is 5.15. The summed E-state index contributed by atoms with van der Waals surface area (Å²) in [5, 5.41) is 7.36. The predicted octanol–water partition coefficient (Wildman–Crippen LogP) is 1.73. The Kier molecular flexibility index (Phi) is 2.87. The first kappa shape index (κ1) is 9.98. The number of aryl methyl sites for hydroxylation is 1. The summed E-state index contributed by atoms with van der Waals surface area (Å²) < 4.78 is 5.06. The van der Waals surface area contributed by atoms with Crippen LogP contribution in [-0.2, 0) is 12.8 Å². The number of furan rings is 1. The second-order valence-corrected chi connectivity index (χ2v) is 3.43. The highest BCUT2D eigenvalue weighted by Crippen LogP contribution is 2.24. The number of aromatic nitrogens is 2. The number of H-pyrrole nitrogens is 1. The Morgan fingerprint density at radius 2 is 2.40 bits per heavy atom. The number of nitrogens with one attached hydrogen (secondary N) is 1. The number of aromatic amines is 1. The molecule has 0 aliphatic rings. The van der Waals surface area contributed by atoms with E-state index in [2.05, 4.69) is 17.1 Å². The van der Waals surface area contributed by atoms with Crippen LogP contribution in [0.4, 0.5) is 0 Å². The van der Waals surface area contributed by atoms with E-state index in [4.69, 9.17) is 10.2 Å². The van der Waals surface area contributed by atoms with Crippen LogP contribution >= 0.6 is 0 Å². The first-order valence-corrected chi connectivity index (χ1v) is 5.15. The summed E-state index contributed by atoms with van der Waals surface area (Å²) in [5.41, 5.74) is 9.95. The molecule has 0 atom stereocenters. The van der Waals surface area contributed by atoms with E-state index >= 15 is 0 Å². The molecule has 4 heteroatoms. The number of hydrogen-bond acceptors (Lipinski definition) is 3. The van der Waals surface area contributed by atoms with Crippen LogP contribution in [0.2, 0.25) is 0 Å². The van der Waals surface area contributed by atoms with Gasteiger partial charge < -0.3 is 10.2 Å². The fourth-order valence-electron chi connectivity index (χ4n) is 1.75. The monoisotopic (exact) mass is 205 g/mol. The second-order valence-electron chi connectivity index (χ2n) is 3.43. The number of nitrogens with two attached hydrogens (primary N) is 1. The molecule has 2 aromatic heterocycles. The molecule has 0 saturated carbocycles. The Morgan fingerprint density at radius 3 is 3.00 bits per heavy atom. The summed E-state index contributed by atoms with van der Waals surface area (Å²) in [6.45, 7) is 2.74. The topological polar surface area (TPSA) is 67.8 Å². The van der Waals surface area contributed by atoms with Gasteiger partial charge in [-0.2, -0.15) is 5.10 Å². The maximum absolute atomic E-state index is 5.60. The van der Waals surface area contributed by atoms with Gasteiger partial charge in [-0.25, -0.2) is 0 Å². The SMILES string of the molecule is CCc1[nH]nc(-c2ccoc2)c1CCN. The van der Waals surface area contributed by atoms with E-state index < -0.39 is 0 Å². The van der Waals surface area contributed by atoms with E-state index in [1.54, 1.807) is 12.5 Å². The number of rotatable bonds is 4. The zero-order valence-electron chi connectivity index (χ0n) is 8.79. The maximum atomic E-state index is 5.60. The predicted molar refractivity (Wildman–Crippen MR) is 58.4 cm³/mol. The Bertz CT molecular complexity index is 417. The van der Waals surface area contributed by atoms with E-state index in [0.29, 0.717) is 6.54 Å². The van der Waals surface area contributed by atoms with Gasteiger partial charge in [0.1, 0.15) is 0 Å². The van der Waals surface area contributed by atoms with Gasteiger partial charge >= 0.3 is 0 Å². The summed E-state index contributed by atoms with van der Waals surface area (Å²) >= 11 is 0. The molecule has 80 valence electrons. The summed E-state index contributed by atoms with van der Waals surface area (Å²) in [6, 6.07) is 1.91. The van der Waals surface area contributed by atoms with Crippen LogP contribution in [0, 0.1) is 0 Å². The molecule has 0 bridgehead atoms. The molecule has 0 aliphatic heterocycles. The summed E-state index contributed by atoms with van der Waals surface area (Å²) in [4.78, 5) is 0. The van der Waals surface area contributed by atoms with Gasteiger partial charge in [-0.05, 0) is 25.5 Å². The average molecular weight is 205 g/mol. The molecule has 0 amide bonds. The van der Waals surface area contributed by atoms with Gasteiger partial charge in [-0.15, -0.1) is 0 Å². The van der Waals surface area contributed by atoms with Crippen LogP contribution in [0.1, 0.15) is 18.2 Å². The fourth-order valence-corrected chi connectivity index (χ4v) is 1.75. The van der Waals surface area contributed by atoms with Crippen LogP contribution < -0.4 is 5.73 Å². The minimum atomic E-state index is 0.636. The van der Waals surface area contributed by atoms with E-state index in [1.807, 2.05) is 6.07 Å². The second kappa shape index (κ2) is 4.31. The highest BCUT2D eigenvalue weighted by molar-refractivity contribution is 5.62. The molecule has 2 aromatic rings. The molecule has 0 fully saturated rings. The molecule has 0 saturated heterocycles. The van der Waals surface area contributed by atoms with Gasteiger partial charge in [0.2, 0.25) is 0 Å². The Hall–Kier alpha value is -1.55. The van der Waals surface area contributed by atoms with Crippen molar-refractivity contribution in [1.29, 1.82) is 0 Å². The number of hydrogen-bond donors (Lipinski definition) is 2. The minimum Gasteiger partial charge on any atom is -0.472 e. The van der Waals surface area contributed by atoms with Crippen LogP contribution in [0.3, 0.4) is 0 Å². The molecule has 2 rings (SSSR count). The van der Waals surface area contributed by atoms with Gasteiger partial charge in [0.15, 0.2) is 0 Å². The fraction of sp³-hybridized carbons (Fsp3) is 0.364. The first-order chi connectivity index (χ1) is 7.36. The highest BCUT2D eigenvalue weighted by Gasteiger charge is 2.13. The molecule has 0 radical (unpaired) electrons. The lowest BCUT2D eigenvalue weighted by atomic mass is 10.0. The highest BCUT2D eigenvalue weighted by atomic mass is 16.3. The maximum Gasteiger partial charge on any atom is 0.0997 e. The molecule has 0 aliphatic carbocycles. The Balaban J connectivity index is 2.43. The van der Waals surface area contributed by atoms with Crippen molar-refractivity contribution >= 4 is 0 Å². The van der Waals surface area contributed by atoms with Crippen molar-refractivity contribution in [3.63, 3.8) is 0 Å². The summed E-state index contributed by atoms with van der Waals surface area (Å²) in [5.74, 6) is 0. The lowest BCUT2D eigenvalue weighted by molar-refractivity contribution is 0.568. The van der Waals surface area contributed by atoms with Crippen molar-refractivity contribution in [2.75, 3.05) is 6.54 Å². The van der Waals surface area contributed by atoms with Gasteiger partial charge in [0, 0.05) is 16.8 Å². The molecule has 3 N–H and O–H groups in total. The van der Waals surface area contributed by atoms with Crippen molar-refractivity contribution in [1.82, 2.24) is 10.2 Å². The molecular formula is C11H15N3O. The van der Waals surface area contributed by atoms with Crippen LogP contribution in [0.15, 0.2) is 23.0 Å². The lowest BCUT2D eigenvalue weighted by Crippen LogP contribution is -2.04. The third-order valence-electron chi connectivity index (χ3n) is 2.50. The van der Waals surface area contributed by atoms with Crippen LogP contribution in [-0.4, -0.2) is 16.7 Å². The smallest absolute Gasteiger partial charge is 0.0997 e. The molecule has 4 nitrogen and oxygen atoms in total. The first-order valence-electron chi connectivity index (χ1n) is 5.15. The third kappa shape index (κ3) is 1.80. The minimum absolute atomic E-state index is 0.636. The normalized spacial score (nSPS) is 10.8. The van der Waals surface area contributed by atoms with Crippen molar-refractivity contribution < 1.29 is 4.42 Å². The molecule has 2 heterocycles. The van der Waals surface area contributed by atoms with Crippen molar-refractivity contribution in [3.05, 3.63) is 29.9 Å². The van der Waals surface area contributed by atoms with E-state index in [-0.39, 0.29) is 0 Å². The molecule has 0 spiro atoms. The van der Waals surface area contributed by atoms with Gasteiger partial charge in [0.05, 0.1) is 18.2 Å². The molecule has 0 aromatic carbocycles. The van der Waals surface area contributed by atoms with E-state index in [9.17, 15) is 0 Å². The zero-order valence-corrected chi connectivity index (χ0v) is 8.79. The largest absolute Gasteiger partial charge is 0.472 e. The van der Waals surface area contributed by atoms with Crippen molar-refractivity contribution in [2.45, 2.75) is 19.8 Å². The Morgan fingerprint density at radius 1 is 1.53 bits per heavy atom. The molecule has 0 unspecified atom stereocenters. The van der Waals surface area contributed by atoms with Gasteiger partial charge in [-0.3, -0.25) is 5.10 Å². The Labute approximate surface area is 88.5 Å². The van der Waals surface area contributed by atoms with Gasteiger partial charge in [-0.1, -0.05) is 6.92 Å². The van der Waals surface area contributed by atoms with Crippen LogP contribution in [0.25, 0.3) is 11.3 Å². The van der Waals surface area contributed by atoms with Crippen molar-refractivity contribution in [2.24, 2.45) is 5.73 Å². The van der Waals surface area contributed by atoms with E-state index in [0.717, 1.165) is 29.8 Å². The van der Waals surface area contributed by atoms with E-state index in [1.165, 1.54) is 5.56 Å².